The van der Waals surface area contributed by atoms with Crippen LogP contribution in [0.15, 0.2) is 39.6 Å². The van der Waals surface area contributed by atoms with Crippen molar-refractivity contribution < 1.29 is 27.2 Å². The van der Waals surface area contributed by atoms with E-state index in [1.807, 2.05) is 6.92 Å². The number of anilines is 1. The highest BCUT2D eigenvalue weighted by Gasteiger charge is 2.25. The van der Waals surface area contributed by atoms with Crippen molar-refractivity contribution in [2.24, 2.45) is 0 Å². The molecular formula is C24H31N5O7S. The fourth-order valence-electron chi connectivity index (χ4n) is 4.35. The van der Waals surface area contributed by atoms with Crippen LogP contribution in [0.25, 0.3) is 11.1 Å². The number of hydrogen-bond acceptors (Lipinski definition) is 10. The molecule has 1 saturated heterocycles. The van der Waals surface area contributed by atoms with E-state index in [9.17, 15) is 18.5 Å². The monoisotopic (exact) mass is 533 g/mol. The van der Waals surface area contributed by atoms with Gasteiger partial charge in [-0.1, -0.05) is 0 Å². The lowest BCUT2D eigenvalue weighted by molar-refractivity contribution is -0.385. The summed E-state index contributed by atoms with van der Waals surface area (Å²) in [6.45, 7) is 4.28. The Morgan fingerprint density at radius 1 is 1.24 bits per heavy atom. The SMILES string of the molecule is CCOc1cc(CN2CCC(Nc3nc4cc(S(=O)(=O)N(C)C)ccc4o3)CC2)cc([N+](=O)[O-])c1OC. The molecular weight excluding hydrogens is 502 g/mol. The van der Waals surface area contributed by atoms with Gasteiger partial charge in [-0.25, -0.2) is 12.7 Å². The van der Waals surface area contributed by atoms with Gasteiger partial charge in [0, 0.05) is 45.8 Å². The van der Waals surface area contributed by atoms with Gasteiger partial charge in [-0.3, -0.25) is 15.0 Å². The van der Waals surface area contributed by atoms with Crippen LogP contribution in [0.3, 0.4) is 0 Å². The molecule has 1 aromatic heterocycles. The molecule has 0 spiro atoms. The number of aromatic nitrogens is 1. The maximum atomic E-state index is 12.4. The molecule has 4 rings (SSSR count). The summed E-state index contributed by atoms with van der Waals surface area (Å²) >= 11 is 0. The molecule has 12 nitrogen and oxygen atoms in total. The molecule has 3 aromatic rings. The van der Waals surface area contributed by atoms with E-state index in [-0.39, 0.29) is 22.4 Å². The first-order valence-electron chi connectivity index (χ1n) is 11.9. The number of nitro benzene ring substituents is 1. The molecule has 200 valence electrons. The van der Waals surface area contributed by atoms with E-state index in [2.05, 4.69) is 15.2 Å². The maximum Gasteiger partial charge on any atom is 0.315 e. The number of ether oxygens (including phenoxy) is 2. The van der Waals surface area contributed by atoms with Crippen molar-refractivity contribution in [3.05, 3.63) is 46.0 Å². The minimum atomic E-state index is -3.56. The summed E-state index contributed by atoms with van der Waals surface area (Å²) in [5.41, 5.74) is 1.64. The number of benzene rings is 2. The van der Waals surface area contributed by atoms with Gasteiger partial charge in [0.15, 0.2) is 11.3 Å². The number of oxazole rings is 1. The molecule has 0 atom stereocenters. The Morgan fingerprint density at radius 2 is 1.97 bits per heavy atom. The van der Waals surface area contributed by atoms with Gasteiger partial charge in [0.25, 0.3) is 6.01 Å². The van der Waals surface area contributed by atoms with Crippen LogP contribution in [-0.4, -0.2) is 74.5 Å². The van der Waals surface area contributed by atoms with E-state index in [0.29, 0.717) is 36.0 Å². The van der Waals surface area contributed by atoms with Crippen LogP contribution in [0, 0.1) is 10.1 Å². The number of hydrogen-bond donors (Lipinski definition) is 1. The second-order valence-electron chi connectivity index (χ2n) is 8.97. The molecule has 2 heterocycles. The molecule has 0 radical (unpaired) electrons. The van der Waals surface area contributed by atoms with Gasteiger partial charge in [0.05, 0.1) is 23.5 Å². The second kappa shape index (κ2) is 10.9. The zero-order chi connectivity index (χ0) is 26.7. The summed E-state index contributed by atoms with van der Waals surface area (Å²) in [6.07, 6.45) is 1.63. The lowest BCUT2D eigenvalue weighted by Gasteiger charge is -2.32. The maximum absolute atomic E-state index is 12.4. The van der Waals surface area contributed by atoms with Crippen molar-refractivity contribution in [2.75, 3.05) is 46.2 Å². The standard InChI is InChI=1S/C24H31N5O7S/c1-5-35-22-13-16(12-20(29(30)31)23(22)34-4)15-28-10-8-17(9-11-28)25-24-26-19-14-18(6-7-21(19)36-24)37(32,33)27(2)3/h6-7,12-14,17H,5,8-11,15H2,1-4H3,(H,25,26). The van der Waals surface area contributed by atoms with Gasteiger partial charge in [-0.15, -0.1) is 0 Å². The number of likely N-dealkylation sites (tertiary alicyclic amines) is 1. The van der Waals surface area contributed by atoms with Gasteiger partial charge in [0.2, 0.25) is 15.8 Å². The topological polar surface area (TPSA) is 140 Å². The third kappa shape index (κ3) is 5.78. The lowest BCUT2D eigenvalue weighted by atomic mass is 10.0. The minimum Gasteiger partial charge on any atom is -0.490 e. The predicted molar refractivity (Wildman–Crippen MR) is 138 cm³/mol. The number of fused-ring (bicyclic) bond motifs is 1. The van der Waals surface area contributed by atoms with Crippen LogP contribution in [-0.2, 0) is 16.6 Å². The minimum absolute atomic E-state index is 0.113. The Bertz CT molecular complexity index is 1380. The van der Waals surface area contributed by atoms with Gasteiger partial charge >= 0.3 is 5.69 Å². The number of rotatable bonds is 10. The summed E-state index contributed by atoms with van der Waals surface area (Å²) in [7, 11) is 0.793. The van der Waals surface area contributed by atoms with Gasteiger partial charge < -0.3 is 19.2 Å². The summed E-state index contributed by atoms with van der Waals surface area (Å²) in [5, 5.41) is 14.9. The third-order valence-corrected chi connectivity index (χ3v) is 8.07. The molecule has 2 aromatic carbocycles. The van der Waals surface area contributed by atoms with Crippen molar-refractivity contribution in [3.8, 4) is 11.5 Å². The average molecular weight is 534 g/mol. The number of nitro groups is 1. The Kier molecular flexibility index (Phi) is 7.85. The van der Waals surface area contributed by atoms with Gasteiger partial charge in [-0.05, 0) is 49.6 Å². The zero-order valence-electron chi connectivity index (χ0n) is 21.3. The van der Waals surface area contributed by atoms with E-state index in [4.69, 9.17) is 13.9 Å². The van der Waals surface area contributed by atoms with Crippen LogP contribution in [0.1, 0.15) is 25.3 Å². The number of nitrogens with one attached hydrogen (secondary N) is 1. The zero-order valence-corrected chi connectivity index (χ0v) is 22.1. The normalized spacial score (nSPS) is 15.3. The Labute approximate surface area is 215 Å². The molecule has 1 N–H and O–H groups in total. The lowest BCUT2D eigenvalue weighted by Crippen LogP contribution is -2.38. The molecule has 0 aliphatic carbocycles. The Balaban J connectivity index is 1.40. The van der Waals surface area contributed by atoms with Crippen molar-refractivity contribution in [1.29, 1.82) is 0 Å². The number of methoxy groups -OCH3 is 1. The molecule has 1 aliphatic heterocycles. The van der Waals surface area contributed by atoms with Gasteiger partial charge in [-0.2, -0.15) is 4.98 Å². The highest BCUT2D eigenvalue weighted by atomic mass is 32.2. The van der Waals surface area contributed by atoms with Crippen LogP contribution < -0.4 is 14.8 Å². The third-order valence-electron chi connectivity index (χ3n) is 6.25. The number of nitrogens with zero attached hydrogens (tertiary/aromatic N) is 4. The summed E-state index contributed by atoms with van der Waals surface area (Å²) in [6, 6.07) is 8.42. The molecule has 0 amide bonds. The molecule has 0 bridgehead atoms. The van der Waals surface area contributed by atoms with E-state index in [0.717, 1.165) is 35.8 Å². The number of piperidine rings is 1. The molecule has 1 fully saturated rings. The largest absolute Gasteiger partial charge is 0.490 e. The van der Waals surface area contributed by atoms with Crippen LogP contribution in [0.5, 0.6) is 11.5 Å². The fraction of sp³-hybridized carbons (Fsp3) is 0.458. The smallest absolute Gasteiger partial charge is 0.315 e. The second-order valence-corrected chi connectivity index (χ2v) is 11.1. The van der Waals surface area contributed by atoms with Crippen molar-refractivity contribution in [3.63, 3.8) is 0 Å². The predicted octanol–water partition coefficient (Wildman–Crippen LogP) is 3.47. The molecule has 1 aliphatic rings. The first kappa shape index (κ1) is 26.6. The van der Waals surface area contributed by atoms with Crippen molar-refractivity contribution in [2.45, 2.75) is 37.2 Å². The summed E-state index contributed by atoms with van der Waals surface area (Å²) < 4.78 is 42.5. The van der Waals surface area contributed by atoms with Crippen LogP contribution in [0.4, 0.5) is 11.7 Å². The molecule has 0 saturated carbocycles. The molecule has 13 heteroatoms. The van der Waals surface area contributed by atoms with Gasteiger partial charge in [0.1, 0.15) is 5.52 Å². The Morgan fingerprint density at radius 3 is 2.59 bits per heavy atom. The van der Waals surface area contributed by atoms with E-state index < -0.39 is 14.9 Å². The fourth-order valence-corrected chi connectivity index (χ4v) is 5.27. The van der Waals surface area contributed by atoms with Crippen molar-refractivity contribution >= 4 is 32.8 Å². The Hall–Kier alpha value is -3.42. The van der Waals surface area contributed by atoms with Crippen LogP contribution >= 0.6 is 0 Å². The first-order chi connectivity index (χ1) is 17.6. The molecule has 0 unspecified atom stereocenters. The highest BCUT2D eigenvalue weighted by Crippen LogP contribution is 2.38. The van der Waals surface area contributed by atoms with Crippen molar-refractivity contribution in [1.82, 2.24) is 14.2 Å². The van der Waals surface area contributed by atoms with Crippen LogP contribution in [0.2, 0.25) is 0 Å². The number of sulfonamides is 1. The molecule has 37 heavy (non-hydrogen) atoms. The quantitative estimate of drug-likeness (QED) is 0.304. The first-order valence-corrected chi connectivity index (χ1v) is 13.4. The van der Waals surface area contributed by atoms with E-state index >= 15 is 0 Å². The summed E-state index contributed by atoms with van der Waals surface area (Å²) in [4.78, 5) is 17.9. The highest BCUT2D eigenvalue weighted by molar-refractivity contribution is 7.89. The van der Waals surface area contributed by atoms with E-state index in [1.54, 1.807) is 12.1 Å². The average Bonchev–Trinajstić information content (AvgIpc) is 3.26. The summed E-state index contributed by atoms with van der Waals surface area (Å²) in [5.74, 6) is 0.492. The van der Waals surface area contributed by atoms with E-state index in [1.165, 1.54) is 39.4 Å².